The van der Waals surface area contributed by atoms with Gasteiger partial charge < -0.3 is 9.64 Å². The molecule has 13 nitrogen and oxygen atoms in total. The first-order chi connectivity index (χ1) is 27.0. The molecule has 1 fully saturated rings. The van der Waals surface area contributed by atoms with Gasteiger partial charge >= 0.3 is 5.97 Å². The van der Waals surface area contributed by atoms with Crippen LogP contribution in [0.2, 0.25) is 5.02 Å². The standard InChI is InChI=1S/C41H35ClN8O5S/c1-22(29-6-5-7-30-31(29)20-49(40(30)54)32-13-15-34(51)45-39(32)53)16-17-55-35(52)21-48-19-26(18-43-48)8-14-33-23(2)36-37(27-9-11-28(42)12-10-27)44-24(3)38-47-46-25(4)50(38)41(36)56-33/h5-7,9-12,16,18-19,24,32H,13,15,17,20-21H2,1-4H3,(H,45,51,53)/b22-16+/t24-,32?/m0/s1. The molecule has 8 rings (SSSR count). The second-order valence-corrected chi connectivity index (χ2v) is 15.3. The van der Waals surface area contributed by atoms with Crippen molar-refractivity contribution >= 4 is 57.9 Å². The first-order valence-electron chi connectivity index (χ1n) is 18.0. The summed E-state index contributed by atoms with van der Waals surface area (Å²) in [6.07, 6.45) is 5.57. The smallest absolute Gasteiger partial charge is 0.328 e. The Morgan fingerprint density at radius 1 is 1.11 bits per heavy atom. The van der Waals surface area contributed by atoms with Crippen molar-refractivity contribution in [2.75, 3.05) is 6.61 Å². The fraction of sp³-hybridized carbons (Fsp3) is 0.268. The van der Waals surface area contributed by atoms with Crippen LogP contribution >= 0.6 is 22.9 Å². The van der Waals surface area contributed by atoms with E-state index in [2.05, 4.69) is 37.0 Å². The van der Waals surface area contributed by atoms with E-state index in [1.54, 1.807) is 41.9 Å². The summed E-state index contributed by atoms with van der Waals surface area (Å²) in [6, 6.07) is 12.2. The van der Waals surface area contributed by atoms with Gasteiger partial charge in [-0.1, -0.05) is 47.7 Å². The van der Waals surface area contributed by atoms with Crippen LogP contribution in [0.1, 0.15) is 93.0 Å². The topological polar surface area (TPSA) is 154 Å². The number of hydrogen-bond donors (Lipinski definition) is 1. The highest BCUT2D eigenvalue weighted by molar-refractivity contribution is 7.15. The third-order valence-electron chi connectivity index (χ3n) is 10.1. The molecule has 56 heavy (non-hydrogen) atoms. The maximum atomic E-state index is 13.2. The van der Waals surface area contributed by atoms with Gasteiger partial charge in [0, 0.05) is 40.9 Å². The highest BCUT2D eigenvalue weighted by Gasteiger charge is 2.40. The van der Waals surface area contributed by atoms with Crippen molar-refractivity contribution < 1.29 is 23.9 Å². The van der Waals surface area contributed by atoms with Gasteiger partial charge in [-0.25, -0.2) is 0 Å². The maximum Gasteiger partial charge on any atom is 0.328 e. The molecule has 3 amide bonds. The van der Waals surface area contributed by atoms with Crippen LogP contribution in [-0.4, -0.2) is 71.5 Å². The Morgan fingerprint density at radius 3 is 2.70 bits per heavy atom. The number of aliphatic imine (C=N–C) groups is 1. The first-order valence-corrected chi connectivity index (χ1v) is 19.2. The molecule has 3 aliphatic heterocycles. The van der Waals surface area contributed by atoms with E-state index in [-0.39, 0.29) is 50.4 Å². The lowest BCUT2D eigenvalue weighted by molar-refractivity contribution is -0.143. The van der Waals surface area contributed by atoms with E-state index in [4.69, 9.17) is 21.3 Å². The van der Waals surface area contributed by atoms with Crippen LogP contribution in [0.4, 0.5) is 0 Å². The molecule has 5 aromatic rings. The second kappa shape index (κ2) is 14.8. The van der Waals surface area contributed by atoms with Gasteiger partial charge in [0.05, 0.1) is 22.3 Å². The molecule has 1 unspecified atom stereocenters. The SMILES string of the molecule is C/C(=C\COC(=O)Cn1cc(C#Cc2sc3c(c2C)C(c2ccc(Cl)cc2)=N[C@@H](C)c2nnc(C)n2-3)cn1)c1cccc2c1CN(C1CCC(=O)NC1=O)C2=O. The normalized spacial score (nSPS) is 17.7. The molecule has 1 saturated heterocycles. The summed E-state index contributed by atoms with van der Waals surface area (Å²) in [7, 11) is 0. The van der Waals surface area contributed by atoms with Gasteiger partial charge in [0.2, 0.25) is 11.8 Å². The Balaban J connectivity index is 0.941. The Bertz CT molecular complexity index is 2590. The number of amides is 3. The number of aromatic nitrogens is 5. The van der Waals surface area contributed by atoms with Crippen molar-refractivity contribution in [3.63, 3.8) is 0 Å². The van der Waals surface area contributed by atoms with Crippen LogP contribution in [0.15, 0.2) is 65.9 Å². The van der Waals surface area contributed by atoms with Gasteiger partial charge in [-0.15, -0.1) is 21.5 Å². The molecule has 6 heterocycles. The zero-order valence-electron chi connectivity index (χ0n) is 30.9. The number of halogens is 1. The number of hydrogen-bond acceptors (Lipinski definition) is 10. The summed E-state index contributed by atoms with van der Waals surface area (Å²) in [6.45, 7) is 8.02. The van der Waals surface area contributed by atoms with Gasteiger partial charge in [0.1, 0.15) is 36.1 Å². The Morgan fingerprint density at radius 2 is 1.91 bits per heavy atom. The number of nitrogens with one attached hydrogen (secondary N) is 1. The van der Waals surface area contributed by atoms with Crippen molar-refractivity contribution in [1.29, 1.82) is 0 Å². The lowest BCUT2D eigenvalue weighted by Crippen LogP contribution is -2.52. The third kappa shape index (κ3) is 6.84. The molecule has 0 aliphatic carbocycles. The van der Waals surface area contributed by atoms with Crippen molar-refractivity contribution in [2.24, 2.45) is 4.99 Å². The van der Waals surface area contributed by atoms with Gasteiger partial charge in [-0.2, -0.15) is 5.10 Å². The molecule has 3 aliphatic rings. The fourth-order valence-electron chi connectivity index (χ4n) is 7.24. The van der Waals surface area contributed by atoms with E-state index < -0.39 is 17.9 Å². The monoisotopic (exact) mass is 786 g/mol. The van der Waals surface area contributed by atoms with E-state index in [0.29, 0.717) is 16.1 Å². The number of aryl methyl sites for hydroxylation is 1. The summed E-state index contributed by atoms with van der Waals surface area (Å²) in [5.41, 5.74) is 7.33. The van der Waals surface area contributed by atoms with Crippen molar-refractivity contribution in [1.82, 2.24) is 34.8 Å². The summed E-state index contributed by atoms with van der Waals surface area (Å²) in [4.78, 5) is 57.6. The highest BCUT2D eigenvalue weighted by atomic mass is 35.5. The number of imide groups is 1. The van der Waals surface area contributed by atoms with Crippen LogP contribution in [0.3, 0.4) is 0 Å². The number of nitrogens with zero attached hydrogens (tertiary/aromatic N) is 7. The van der Waals surface area contributed by atoms with E-state index in [1.165, 1.54) is 9.58 Å². The minimum atomic E-state index is -0.698. The average molecular weight is 787 g/mol. The molecule has 0 spiro atoms. The minimum Gasteiger partial charge on any atom is -0.460 e. The molecular formula is C41H35ClN8O5S. The summed E-state index contributed by atoms with van der Waals surface area (Å²) >= 11 is 7.77. The summed E-state index contributed by atoms with van der Waals surface area (Å²) in [5.74, 6) is 6.54. The Hall–Kier alpha value is -6.17. The molecule has 0 radical (unpaired) electrons. The number of rotatable bonds is 7. The number of ether oxygens (including phenoxy) is 1. The zero-order chi connectivity index (χ0) is 39.2. The second-order valence-electron chi connectivity index (χ2n) is 13.8. The van der Waals surface area contributed by atoms with Crippen LogP contribution in [0, 0.1) is 25.7 Å². The number of carbonyl (C=O) groups excluding carboxylic acids is 4. The number of fused-ring (bicyclic) bond motifs is 4. The molecule has 1 N–H and O–H groups in total. The number of benzene rings is 2. The number of allylic oxidation sites excluding steroid dienone is 1. The first kappa shape index (κ1) is 36.8. The van der Waals surface area contributed by atoms with Gasteiger partial charge in [-0.3, -0.25) is 38.7 Å². The van der Waals surface area contributed by atoms with Gasteiger partial charge in [0.15, 0.2) is 5.82 Å². The van der Waals surface area contributed by atoms with Crippen LogP contribution < -0.4 is 5.32 Å². The van der Waals surface area contributed by atoms with E-state index in [0.717, 1.165) is 60.6 Å². The summed E-state index contributed by atoms with van der Waals surface area (Å²) in [5, 5.41) is 17.0. The number of esters is 1. The van der Waals surface area contributed by atoms with E-state index >= 15 is 0 Å². The van der Waals surface area contributed by atoms with E-state index in [9.17, 15) is 19.2 Å². The minimum absolute atomic E-state index is 0.0170. The van der Waals surface area contributed by atoms with Gasteiger partial charge in [-0.05, 0) is 80.7 Å². The van der Waals surface area contributed by atoms with Crippen molar-refractivity contribution in [2.45, 2.75) is 65.7 Å². The fourth-order valence-corrected chi connectivity index (χ4v) is 8.59. The van der Waals surface area contributed by atoms with Crippen molar-refractivity contribution in [3.8, 4) is 16.8 Å². The predicted octanol–water partition coefficient (Wildman–Crippen LogP) is 5.52. The zero-order valence-corrected chi connectivity index (χ0v) is 32.5. The molecule has 3 aromatic heterocycles. The van der Waals surface area contributed by atoms with Crippen LogP contribution in [0.5, 0.6) is 0 Å². The quantitative estimate of drug-likeness (QED) is 0.129. The van der Waals surface area contributed by atoms with Gasteiger partial charge in [0.25, 0.3) is 5.91 Å². The largest absolute Gasteiger partial charge is 0.460 e. The predicted molar refractivity (Wildman–Crippen MR) is 210 cm³/mol. The molecule has 282 valence electrons. The molecule has 15 heteroatoms. The molecular weight excluding hydrogens is 752 g/mol. The molecule has 2 aromatic carbocycles. The Labute approximate surface area is 331 Å². The van der Waals surface area contributed by atoms with Crippen LogP contribution in [-0.2, 0) is 32.2 Å². The van der Waals surface area contributed by atoms with Crippen LogP contribution in [0.25, 0.3) is 10.6 Å². The lowest BCUT2D eigenvalue weighted by Gasteiger charge is -2.29. The summed E-state index contributed by atoms with van der Waals surface area (Å²) < 4.78 is 9.06. The molecule has 0 bridgehead atoms. The molecule has 0 saturated carbocycles. The third-order valence-corrected chi connectivity index (χ3v) is 11.6. The average Bonchev–Trinajstić information content (AvgIpc) is 3.93. The Kier molecular flexibility index (Phi) is 9.73. The van der Waals surface area contributed by atoms with E-state index in [1.807, 2.05) is 58.0 Å². The number of thiophene rings is 1. The number of carbonyl (C=O) groups is 4. The number of piperidine rings is 1. The lowest BCUT2D eigenvalue weighted by atomic mass is 9.97. The highest BCUT2D eigenvalue weighted by Crippen LogP contribution is 2.39. The maximum absolute atomic E-state index is 13.2. The van der Waals surface area contributed by atoms with Crippen molar-refractivity contribution in [3.05, 3.63) is 121 Å². The molecule has 2 atom stereocenters.